The summed E-state index contributed by atoms with van der Waals surface area (Å²) < 4.78 is 73.3. The molecule has 4 amide bonds. The van der Waals surface area contributed by atoms with Crippen molar-refractivity contribution in [2.24, 2.45) is 11.8 Å². The Hall–Kier alpha value is -4.56. The van der Waals surface area contributed by atoms with Gasteiger partial charge in [-0.25, -0.2) is 13.2 Å². The number of carbonyl (C=O) groups excluding carboxylic acids is 5. The maximum absolute atomic E-state index is 14.0. The van der Waals surface area contributed by atoms with Gasteiger partial charge in [0.2, 0.25) is 23.4 Å². The molecule has 2 aromatic rings. The van der Waals surface area contributed by atoms with Gasteiger partial charge in [-0.1, -0.05) is 19.9 Å². The van der Waals surface area contributed by atoms with Gasteiger partial charge in [-0.05, 0) is 43.4 Å². The Morgan fingerprint density at radius 2 is 1.63 bits per heavy atom. The lowest BCUT2D eigenvalue weighted by atomic mass is 9.95. The molecule has 1 saturated heterocycles. The fourth-order valence-corrected chi connectivity index (χ4v) is 4.30. The molecule has 2 aromatic carbocycles. The summed E-state index contributed by atoms with van der Waals surface area (Å²) in [5.74, 6) is -15.2. The first-order chi connectivity index (χ1) is 20.3. The van der Waals surface area contributed by atoms with E-state index in [-0.39, 0.29) is 30.5 Å². The summed E-state index contributed by atoms with van der Waals surface area (Å²) in [5.41, 5.74) is -0.0171. The molecule has 0 radical (unpaired) electrons. The number of nitrogens with one attached hydrogen (secondary N) is 4. The smallest absolute Gasteiger partial charge is 0.313 e. The van der Waals surface area contributed by atoms with Crippen LogP contribution in [0.3, 0.4) is 0 Å². The van der Waals surface area contributed by atoms with Gasteiger partial charge in [0.05, 0.1) is 6.04 Å². The fourth-order valence-electron chi connectivity index (χ4n) is 4.30. The summed E-state index contributed by atoms with van der Waals surface area (Å²) >= 11 is 0. The number of amides is 4. The fraction of sp³-hybridized carbons (Fsp3) is 0.393. The summed E-state index contributed by atoms with van der Waals surface area (Å²) in [6, 6.07) is 1.82. The van der Waals surface area contributed by atoms with Gasteiger partial charge in [0, 0.05) is 24.2 Å². The molecule has 3 atom stereocenters. The van der Waals surface area contributed by atoms with Crippen LogP contribution in [0.1, 0.15) is 33.1 Å². The molecule has 0 saturated carbocycles. The molecule has 4 N–H and O–H groups in total. The zero-order valence-electron chi connectivity index (χ0n) is 23.1. The number of Topliss-reactive ketones (excluding diaryl/α,β-unsaturated/α-hetero) is 1. The van der Waals surface area contributed by atoms with Gasteiger partial charge in [0.15, 0.2) is 23.2 Å². The first kappa shape index (κ1) is 32.9. The predicted octanol–water partition coefficient (Wildman–Crippen LogP) is 2.51. The Bertz CT molecular complexity index is 1380. The summed E-state index contributed by atoms with van der Waals surface area (Å²) in [6.45, 7) is 2.56. The molecule has 1 heterocycles. The molecule has 15 heteroatoms. The highest BCUT2D eigenvalue weighted by atomic mass is 19.2. The van der Waals surface area contributed by atoms with Gasteiger partial charge >= 0.3 is 11.8 Å². The van der Waals surface area contributed by atoms with Gasteiger partial charge in [-0.2, -0.15) is 8.78 Å². The number of carbonyl (C=O) groups is 5. The molecule has 0 bridgehead atoms. The Morgan fingerprint density at radius 1 is 0.953 bits per heavy atom. The van der Waals surface area contributed by atoms with Gasteiger partial charge in [-0.15, -0.1) is 0 Å². The van der Waals surface area contributed by atoms with E-state index < -0.39 is 88.9 Å². The number of hydrogen-bond acceptors (Lipinski definition) is 6. The van der Waals surface area contributed by atoms with Crippen LogP contribution in [0, 0.1) is 40.9 Å². The van der Waals surface area contributed by atoms with E-state index in [4.69, 9.17) is 4.74 Å². The normalized spacial score (nSPS) is 15.8. The van der Waals surface area contributed by atoms with Crippen LogP contribution in [0.25, 0.3) is 0 Å². The van der Waals surface area contributed by atoms with Crippen molar-refractivity contribution in [1.82, 2.24) is 16.0 Å². The molecule has 232 valence electrons. The van der Waals surface area contributed by atoms with E-state index in [0.717, 1.165) is 12.1 Å². The van der Waals surface area contributed by atoms with E-state index in [1.807, 2.05) is 0 Å². The highest BCUT2D eigenvalue weighted by Crippen LogP contribution is 2.27. The first-order valence-electron chi connectivity index (χ1n) is 13.2. The third-order valence-electron chi connectivity index (χ3n) is 6.44. The third kappa shape index (κ3) is 8.96. The van der Waals surface area contributed by atoms with Crippen molar-refractivity contribution in [2.75, 3.05) is 18.5 Å². The minimum Gasteiger partial charge on any atom is -0.479 e. The zero-order valence-corrected chi connectivity index (χ0v) is 23.1. The minimum absolute atomic E-state index is 0.00879. The molecule has 0 aromatic heterocycles. The number of ether oxygens (including phenoxy) is 1. The van der Waals surface area contributed by atoms with Crippen LogP contribution in [0.5, 0.6) is 5.75 Å². The topological polar surface area (TPSA) is 143 Å². The number of halogens is 5. The molecule has 1 aliphatic heterocycles. The van der Waals surface area contributed by atoms with E-state index in [0.29, 0.717) is 13.0 Å². The van der Waals surface area contributed by atoms with Crippen molar-refractivity contribution in [1.29, 1.82) is 0 Å². The van der Waals surface area contributed by atoms with E-state index in [9.17, 15) is 45.9 Å². The van der Waals surface area contributed by atoms with Gasteiger partial charge in [-0.3, -0.25) is 24.0 Å². The van der Waals surface area contributed by atoms with E-state index in [2.05, 4.69) is 21.3 Å². The monoisotopic (exact) mass is 612 g/mol. The standard InChI is InChI=1S/C28H29F5N4O6/c1-13(2)8-20(37-28(42)27(41)35-16-5-3-4-15(29)10-16)26(40)36-19(9-14-6-7-34-25(14)39)21(38)12-43-24-22(32)17(30)11-18(31)23(24)33/h3-5,10-11,13-14,19-20H,6-9,12H2,1-2H3,(H,34,39)(H,35,41)(H,36,40)(H,37,42)/t14-,19-,20-/m0/s1. The third-order valence-corrected chi connectivity index (χ3v) is 6.44. The number of ketones is 1. The van der Waals surface area contributed by atoms with E-state index in [1.165, 1.54) is 12.1 Å². The van der Waals surface area contributed by atoms with Crippen molar-refractivity contribution >= 4 is 35.1 Å². The molecule has 1 aliphatic rings. The van der Waals surface area contributed by atoms with Crippen LogP contribution >= 0.6 is 0 Å². The van der Waals surface area contributed by atoms with Crippen LogP contribution in [0.4, 0.5) is 27.6 Å². The maximum atomic E-state index is 14.0. The van der Waals surface area contributed by atoms with Crippen LogP contribution in [0.15, 0.2) is 30.3 Å². The van der Waals surface area contributed by atoms with E-state index in [1.54, 1.807) is 13.8 Å². The summed E-state index contributed by atoms with van der Waals surface area (Å²) in [5, 5.41) is 9.38. The molecule has 0 unspecified atom stereocenters. The number of rotatable bonds is 12. The first-order valence-corrected chi connectivity index (χ1v) is 13.2. The van der Waals surface area contributed by atoms with Crippen molar-refractivity contribution < 1.29 is 50.7 Å². The van der Waals surface area contributed by atoms with Crippen molar-refractivity contribution in [2.45, 2.75) is 45.2 Å². The molecule has 0 spiro atoms. The Kier molecular flexibility index (Phi) is 11.2. The van der Waals surface area contributed by atoms with Gasteiger partial charge < -0.3 is 26.0 Å². The largest absolute Gasteiger partial charge is 0.479 e. The van der Waals surface area contributed by atoms with E-state index >= 15 is 0 Å². The maximum Gasteiger partial charge on any atom is 0.313 e. The molecule has 43 heavy (non-hydrogen) atoms. The Morgan fingerprint density at radius 3 is 2.21 bits per heavy atom. The second kappa shape index (κ2) is 14.6. The molecular weight excluding hydrogens is 583 g/mol. The number of benzene rings is 2. The van der Waals surface area contributed by atoms with Crippen molar-refractivity contribution in [3.05, 3.63) is 59.4 Å². The van der Waals surface area contributed by atoms with Crippen molar-refractivity contribution in [3.8, 4) is 5.75 Å². The number of anilines is 1. The second-order valence-electron chi connectivity index (χ2n) is 10.2. The summed E-state index contributed by atoms with van der Waals surface area (Å²) in [4.78, 5) is 63.4. The molecule has 0 aliphatic carbocycles. The van der Waals surface area contributed by atoms with Crippen LogP contribution in [0.2, 0.25) is 0 Å². The Labute approximate surface area is 242 Å². The average molecular weight is 613 g/mol. The lowest BCUT2D eigenvalue weighted by Crippen LogP contribution is -2.54. The van der Waals surface area contributed by atoms with Crippen LogP contribution in [-0.2, 0) is 24.0 Å². The van der Waals surface area contributed by atoms with Crippen LogP contribution in [-0.4, -0.2) is 54.6 Å². The SMILES string of the molecule is CC(C)C[C@H](NC(=O)C(=O)Nc1cccc(F)c1)C(=O)N[C@@H](C[C@@H]1CCNC1=O)C(=O)COc1c(F)c(F)cc(F)c1F. The molecule has 1 fully saturated rings. The Balaban J connectivity index is 1.76. The van der Waals surface area contributed by atoms with Crippen LogP contribution < -0.4 is 26.0 Å². The molecule has 10 nitrogen and oxygen atoms in total. The summed E-state index contributed by atoms with van der Waals surface area (Å²) in [6.07, 6.45) is 0.0138. The van der Waals surface area contributed by atoms with Gasteiger partial charge in [0.25, 0.3) is 0 Å². The lowest BCUT2D eigenvalue weighted by Gasteiger charge is -2.25. The summed E-state index contributed by atoms with van der Waals surface area (Å²) in [7, 11) is 0. The zero-order chi connectivity index (χ0) is 31.8. The van der Waals surface area contributed by atoms with Gasteiger partial charge in [0.1, 0.15) is 18.5 Å². The molecule has 3 rings (SSSR count). The van der Waals surface area contributed by atoms with Crippen molar-refractivity contribution in [3.63, 3.8) is 0 Å². The predicted molar refractivity (Wildman–Crippen MR) is 141 cm³/mol. The highest BCUT2D eigenvalue weighted by Gasteiger charge is 2.34. The highest BCUT2D eigenvalue weighted by molar-refractivity contribution is 6.40. The minimum atomic E-state index is -1.88. The average Bonchev–Trinajstić information content (AvgIpc) is 3.34. The quantitative estimate of drug-likeness (QED) is 0.165. The second-order valence-corrected chi connectivity index (χ2v) is 10.2. The number of hydrogen-bond donors (Lipinski definition) is 4. The lowest BCUT2D eigenvalue weighted by molar-refractivity contribution is -0.138. The molecular formula is C28H29F5N4O6.